The lowest BCUT2D eigenvalue weighted by Gasteiger charge is -2.42. The van der Waals surface area contributed by atoms with E-state index in [2.05, 4.69) is 184 Å². The van der Waals surface area contributed by atoms with Crippen molar-refractivity contribution >= 4 is 33.8 Å². The molecule has 49 heavy (non-hydrogen) atoms. The topological polar surface area (TPSA) is 3.24 Å². The average Bonchev–Trinajstić information content (AvgIpc) is 3.39. The Bertz CT molecular complexity index is 2320. The van der Waals surface area contributed by atoms with Gasteiger partial charge in [0.05, 0.1) is 16.8 Å². The van der Waals surface area contributed by atoms with Crippen LogP contribution in [0.25, 0.3) is 16.7 Å². The van der Waals surface area contributed by atoms with Crippen molar-refractivity contribution in [3.05, 3.63) is 202 Å². The Morgan fingerprint density at radius 3 is 2.12 bits per heavy atom. The van der Waals surface area contributed by atoms with Gasteiger partial charge in [0, 0.05) is 11.1 Å². The summed E-state index contributed by atoms with van der Waals surface area (Å²) in [4.78, 5) is 2.45. The molecule has 9 rings (SSSR count). The molecular weight excluding hydrogens is 591 g/mol. The van der Waals surface area contributed by atoms with Crippen molar-refractivity contribution in [1.29, 1.82) is 0 Å². The number of benzene rings is 5. The molecule has 1 unspecified atom stereocenters. The number of rotatable bonds is 4. The number of allylic oxidation sites excluding steroid dienone is 10. The van der Waals surface area contributed by atoms with Gasteiger partial charge in [0.15, 0.2) is 0 Å². The van der Waals surface area contributed by atoms with Gasteiger partial charge in [0.1, 0.15) is 0 Å². The second-order valence-electron chi connectivity index (χ2n) is 14.3. The Morgan fingerprint density at radius 2 is 1.35 bits per heavy atom. The minimum atomic E-state index is -0.317. The van der Waals surface area contributed by atoms with Gasteiger partial charge in [-0.2, -0.15) is 0 Å². The second-order valence-corrected chi connectivity index (χ2v) is 14.3. The summed E-state index contributed by atoms with van der Waals surface area (Å²) in [6, 6.07) is 45.2. The molecule has 0 bridgehead atoms. The van der Waals surface area contributed by atoms with Gasteiger partial charge in [-0.05, 0) is 117 Å². The highest BCUT2D eigenvalue weighted by molar-refractivity contribution is 5.98. The maximum absolute atomic E-state index is 2.57. The van der Waals surface area contributed by atoms with Crippen LogP contribution in [0.1, 0.15) is 79.5 Å². The summed E-state index contributed by atoms with van der Waals surface area (Å²) in [6.45, 7) is 9.44. The lowest BCUT2D eigenvalue weighted by atomic mass is 9.67. The first-order valence-corrected chi connectivity index (χ1v) is 17.7. The fourth-order valence-corrected chi connectivity index (χ4v) is 9.30. The van der Waals surface area contributed by atoms with Crippen LogP contribution in [-0.4, -0.2) is 0 Å². The van der Waals surface area contributed by atoms with Gasteiger partial charge in [-0.3, -0.25) is 0 Å². The molecule has 0 radical (unpaired) electrons. The Morgan fingerprint density at radius 1 is 0.694 bits per heavy atom. The second kappa shape index (κ2) is 11.1. The summed E-state index contributed by atoms with van der Waals surface area (Å²) >= 11 is 0. The lowest BCUT2D eigenvalue weighted by molar-refractivity contribution is 0.631. The first-order valence-electron chi connectivity index (χ1n) is 17.7. The van der Waals surface area contributed by atoms with Crippen molar-refractivity contribution in [3.63, 3.8) is 0 Å². The molecular formula is C48H41N. The first kappa shape index (κ1) is 29.7. The van der Waals surface area contributed by atoms with Crippen molar-refractivity contribution in [2.75, 3.05) is 4.90 Å². The minimum Gasteiger partial charge on any atom is -0.310 e. The largest absolute Gasteiger partial charge is 0.310 e. The average molecular weight is 632 g/mol. The lowest BCUT2D eigenvalue weighted by Crippen LogP contribution is -2.30. The molecule has 5 aromatic carbocycles. The highest BCUT2D eigenvalue weighted by atomic mass is 15.2. The van der Waals surface area contributed by atoms with E-state index in [1.165, 1.54) is 83.9 Å². The number of hydrogen-bond donors (Lipinski definition) is 0. The highest BCUT2D eigenvalue weighted by Gasteiger charge is 2.52. The summed E-state index contributed by atoms with van der Waals surface area (Å²) in [5.41, 5.74) is 19.8. The molecule has 3 aliphatic carbocycles. The first-order chi connectivity index (χ1) is 24.0. The van der Waals surface area contributed by atoms with Gasteiger partial charge in [-0.1, -0.05) is 142 Å². The van der Waals surface area contributed by atoms with Gasteiger partial charge in [-0.25, -0.2) is 0 Å². The van der Waals surface area contributed by atoms with Crippen LogP contribution in [0.4, 0.5) is 17.1 Å². The summed E-state index contributed by atoms with van der Waals surface area (Å²) in [7, 11) is 0. The molecule has 1 heterocycles. The predicted molar refractivity (Wildman–Crippen MR) is 208 cm³/mol. The predicted octanol–water partition coefficient (Wildman–Crippen LogP) is 12.6. The van der Waals surface area contributed by atoms with E-state index in [4.69, 9.17) is 0 Å². The Labute approximate surface area is 291 Å². The third-order valence-electron chi connectivity index (χ3n) is 11.6. The summed E-state index contributed by atoms with van der Waals surface area (Å²) in [5, 5.41) is 0. The number of para-hydroxylation sites is 2. The summed E-state index contributed by atoms with van der Waals surface area (Å²) in [6.07, 6.45) is 13.5. The third kappa shape index (κ3) is 4.12. The quantitative estimate of drug-likeness (QED) is 0.191. The van der Waals surface area contributed by atoms with E-state index in [9.17, 15) is 0 Å². The van der Waals surface area contributed by atoms with E-state index in [-0.39, 0.29) is 10.8 Å². The molecule has 5 aromatic rings. The number of hydrogen-bond acceptors (Lipinski definition) is 1. The van der Waals surface area contributed by atoms with Gasteiger partial charge in [0.2, 0.25) is 0 Å². The molecule has 1 heteroatoms. The number of fused-ring (bicyclic) bond motifs is 8. The van der Waals surface area contributed by atoms with E-state index in [0.29, 0.717) is 0 Å². The molecule has 1 spiro atoms. The molecule has 4 aliphatic rings. The van der Waals surface area contributed by atoms with Crippen LogP contribution >= 0.6 is 0 Å². The van der Waals surface area contributed by atoms with Crippen molar-refractivity contribution in [1.82, 2.24) is 0 Å². The zero-order chi connectivity index (χ0) is 33.3. The van der Waals surface area contributed by atoms with Crippen LogP contribution in [0.3, 0.4) is 0 Å². The van der Waals surface area contributed by atoms with E-state index in [0.717, 1.165) is 12.8 Å². The van der Waals surface area contributed by atoms with Gasteiger partial charge >= 0.3 is 0 Å². The van der Waals surface area contributed by atoms with E-state index in [1.807, 2.05) is 0 Å². The van der Waals surface area contributed by atoms with Crippen LogP contribution in [0.15, 0.2) is 163 Å². The molecule has 1 aliphatic heterocycles. The van der Waals surface area contributed by atoms with Crippen LogP contribution < -0.4 is 4.90 Å². The van der Waals surface area contributed by atoms with Crippen LogP contribution in [0.5, 0.6) is 0 Å². The third-order valence-corrected chi connectivity index (χ3v) is 11.6. The molecule has 0 saturated heterocycles. The zero-order valence-electron chi connectivity index (χ0n) is 28.8. The van der Waals surface area contributed by atoms with Crippen LogP contribution in [0.2, 0.25) is 0 Å². The molecule has 0 saturated carbocycles. The Hall–Kier alpha value is -5.40. The molecule has 1 nitrogen and oxygen atoms in total. The van der Waals surface area contributed by atoms with Crippen molar-refractivity contribution < 1.29 is 0 Å². The smallest absolute Gasteiger partial charge is 0.0688 e. The van der Waals surface area contributed by atoms with Crippen molar-refractivity contribution in [2.45, 2.75) is 51.4 Å². The molecule has 0 aromatic heterocycles. The summed E-state index contributed by atoms with van der Waals surface area (Å²) < 4.78 is 0. The standard InChI is InChI=1S/C48H41N/c1-5-33(34-28-29-46-44(31-34)47(3,4)42-26-16-17-27-45(42)49(46)35-18-8-6-9-19-35)30-43-32(2)36-20-12-14-24-39(36)48(43)40-23-11-7-10-21-37(40)38-22-13-15-25-41(38)48/h6-22,24-31H,5,23H2,1-4H3/b33-30+. The maximum Gasteiger partial charge on any atom is 0.0688 e. The summed E-state index contributed by atoms with van der Waals surface area (Å²) in [5.74, 6) is 0. The molecule has 0 fully saturated rings. The highest BCUT2D eigenvalue weighted by Crippen LogP contribution is 2.63. The fourth-order valence-electron chi connectivity index (χ4n) is 9.30. The molecule has 1 atom stereocenters. The normalized spacial score (nSPS) is 19.8. The van der Waals surface area contributed by atoms with Crippen LogP contribution in [0, 0.1) is 0 Å². The van der Waals surface area contributed by atoms with Crippen molar-refractivity contribution in [2.24, 2.45) is 0 Å². The van der Waals surface area contributed by atoms with E-state index < -0.39 is 0 Å². The number of nitrogens with zero attached hydrogens (tertiary/aromatic N) is 1. The van der Waals surface area contributed by atoms with E-state index in [1.54, 1.807) is 0 Å². The minimum absolute atomic E-state index is 0.158. The van der Waals surface area contributed by atoms with Gasteiger partial charge in [-0.15, -0.1) is 0 Å². The SMILES string of the molecule is CC/C(=C\C1=C(C)c2ccccc2C12C1=C(C=CC=CC1)c1ccccc12)c1ccc2c(c1)C(C)(C)c1ccccc1N2c1ccccc1. The maximum atomic E-state index is 2.57. The van der Waals surface area contributed by atoms with E-state index >= 15 is 0 Å². The zero-order valence-corrected chi connectivity index (χ0v) is 28.8. The Kier molecular flexibility index (Phi) is 6.71. The molecule has 0 amide bonds. The monoisotopic (exact) mass is 631 g/mol. The Balaban J connectivity index is 1.26. The fraction of sp³-hybridized carbons (Fsp3) is 0.167. The van der Waals surface area contributed by atoms with Crippen molar-refractivity contribution in [3.8, 4) is 0 Å². The molecule has 0 N–H and O–H groups in total. The van der Waals surface area contributed by atoms with Gasteiger partial charge in [0.25, 0.3) is 0 Å². The molecule has 238 valence electrons. The number of anilines is 3. The van der Waals surface area contributed by atoms with Crippen LogP contribution in [-0.2, 0) is 10.8 Å². The van der Waals surface area contributed by atoms with Gasteiger partial charge < -0.3 is 4.90 Å².